The van der Waals surface area contributed by atoms with E-state index >= 15 is 0 Å². The standard InChI is InChI=1S/C11H21/c1-5-7-8-9-10-11(3,4)6-2/h5,7H,2,6,8-10H2,1,3-4H3. The van der Waals surface area contributed by atoms with Crippen LogP contribution < -0.4 is 0 Å². The van der Waals surface area contributed by atoms with E-state index < -0.39 is 0 Å². The highest BCUT2D eigenvalue weighted by molar-refractivity contribution is 4.78. The van der Waals surface area contributed by atoms with E-state index in [0.717, 1.165) is 6.42 Å². The molecule has 0 aliphatic carbocycles. The second kappa shape index (κ2) is 5.40. The fourth-order valence-corrected chi connectivity index (χ4v) is 0.990. The van der Waals surface area contributed by atoms with E-state index in [-0.39, 0.29) is 0 Å². The van der Waals surface area contributed by atoms with Crippen molar-refractivity contribution in [3.63, 3.8) is 0 Å². The summed E-state index contributed by atoms with van der Waals surface area (Å²) in [5.41, 5.74) is 0.446. The zero-order valence-electron chi connectivity index (χ0n) is 8.19. The van der Waals surface area contributed by atoms with Crippen molar-refractivity contribution < 1.29 is 0 Å². The van der Waals surface area contributed by atoms with Crippen LogP contribution in [-0.4, -0.2) is 0 Å². The average molecular weight is 153 g/mol. The van der Waals surface area contributed by atoms with Gasteiger partial charge in [0.1, 0.15) is 0 Å². The monoisotopic (exact) mass is 153 g/mol. The third-order valence-corrected chi connectivity index (χ3v) is 2.14. The molecule has 0 bridgehead atoms. The molecule has 1 radical (unpaired) electrons. The molecule has 65 valence electrons. The number of allylic oxidation sites excluding steroid dienone is 2. The smallest absolute Gasteiger partial charge is 0.0351 e. The first kappa shape index (κ1) is 10.7. The molecule has 0 atom stereocenters. The third-order valence-electron chi connectivity index (χ3n) is 2.14. The molecule has 0 nitrogen and oxygen atoms in total. The van der Waals surface area contributed by atoms with E-state index in [9.17, 15) is 0 Å². The van der Waals surface area contributed by atoms with E-state index in [2.05, 4.69) is 39.8 Å². The largest absolute Gasteiger partial charge is 0.0917 e. The van der Waals surface area contributed by atoms with Crippen LogP contribution in [0, 0.1) is 12.3 Å². The van der Waals surface area contributed by atoms with Crippen LogP contribution in [-0.2, 0) is 0 Å². The second-order valence-electron chi connectivity index (χ2n) is 3.88. The van der Waals surface area contributed by atoms with Crippen molar-refractivity contribution >= 4 is 0 Å². The van der Waals surface area contributed by atoms with Crippen molar-refractivity contribution in [2.75, 3.05) is 0 Å². The normalized spacial score (nSPS) is 12.7. The van der Waals surface area contributed by atoms with E-state index in [0.29, 0.717) is 5.41 Å². The lowest BCUT2D eigenvalue weighted by Gasteiger charge is -2.21. The SMILES string of the molecule is [CH2]CC(C)(C)CCCC=CC. The molecule has 11 heavy (non-hydrogen) atoms. The zero-order valence-corrected chi connectivity index (χ0v) is 8.19. The lowest BCUT2D eigenvalue weighted by atomic mass is 9.85. The fourth-order valence-electron chi connectivity index (χ4n) is 0.990. The molecule has 0 unspecified atom stereocenters. The molecule has 0 fully saturated rings. The molecule has 0 spiro atoms. The summed E-state index contributed by atoms with van der Waals surface area (Å²) in [5, 5.41) is 0. The van der Waals surface area contributed by atoms with Gasteiger partial charge < -0.3 is 0 Å². The second-order valence-corrected chi connectivity index (χ2v) is 3.88. The number of rotatable bonds is 5. The van der Waals surface area contributed by atoms with Gasteiger partial charge in [0.2, 0.25) is 0 Å². The fraction of sp³-hybridized carbons (Fsp3) is 0.727. The molecular weight excluding hydrogens is 132 g/mol. The van der Waals surface area contributed by atoms with Crippen molar-refractivity contribution in [2.45, 2.75) is 46.5 Å². The van der Waals surface area contributed by atoms with E-state index in [1.807, 2.05) is 0 Å². The Morgan fingerprint density at radius 2 is 2.00 bits per heavy atom. The Hall–Kier alpha value is -0.260. The van der Waals surface area contributed by atoms with Crippen LogP contribution in [0.3, 0.4) is 0 Å². The van der Waals surface area contributed by atoms with E-state index in [1.165, 1.54) is 19.3 Å². The molecular formula is C11H21. The predicted molar refractivity (Wildman–Crippen MR) is 52.4 cm³/mol. The van der Waals surface area contributed by atoms with Gasteiger partial charge in [-0.25, -0.2) is 0 Å². The van der Waals surface area contributed by atoms with Crippen LogP contribution in [0.25, 0.3) is 0 Å². The van der Waals surface area contributed by atoms with E-state index in [1.54, 1.807) is 0 Å². The van der Waals surface area contributed by atoms with Gasteiger partial charge in [-0.15, -0.1) is 0 Å². The Morgan fingerprint density at radius 1 is 1.36 bits per heavy atom. The highest BCUT2D eigenvalue weighted by Gasteiger charge is 2.13. The van der Waals surface area contributed by atoms with Gasteiger partial charge in [0.05, 0.1) is 0 Å². The van der Waals surface area contributed by atoms with E-state index in [4.69, 9.17) is 0 Å². The number of unbranched alkanes of at least 4 members (excludes halogenated alkanes) is 1. The lowest BCUT2D eigenvalue weighted by Crippen LogP contribution is -2.08. The van der Waals surface area contributed by atoms with Gasteiger partial charge in [-0.2, -0.15) is 0 Å². The molecule has 0 N–H and O–H groups in total. The van der Waals surface area contributed by atoms with Gasteiger partial charge in [-0.05, 0) is 38.0 Å². The van der Waals surface area contributed by atoms with Gasteiger partial charge in [0, 0.05) is 0 Å². The maximum atomic E-state index is 3.94. The molecule has 0 amide bonds. The van der Waals surface area contributed by atoms with Crippen molar-refractivity contribution in [1.29, 1.82) is 0 Å². The Labute approximate surface area is 71.7 Å². The first-order valence-corrected chi connectivity index (χ1v) is 4.53. The van der Waals surface area contributed by atoms with Crippen LogP contribution in [0.1, 0.15) is 46.5 Å². The van der Waals surface area contributed by atoms with Crippen LogP contribution in [0.5, 0.6) is 0 Å². The zero-order chi connectivity index (χ0) is 8.74. The van der Waals surface area contributed by atoms with Crippen LogP contribution in [0.2, 0.25) is 0 Å². The van der Waals surface area contributed by atoms with Gasteiger partial charge in [0.25, 0.3) is 0 Å². The summed E-state index contributed by atoms with van der Waals surface area (Å²) in [6, 6.07) is 0. The highest BCUT2D eigenvalue weighted by atomic mass is 14.2. The van der Waals surface area contributed by atoms with Crippen LogP contribution in [0.15, 0.2) is 12.2 Å². The molecule has 0 aliphatic rings. The summed E-state index contributed by atoms with van der Waals surface area (Å²) in [5.74, 6) is 0. The molecule has 0 rings (SSSR count). The minimum Gasteiger partial charge on any atom is -0.0917 e. The summed E-state index contributed by atoms with van der Waals surface area (Å²) in [4.78, 5) is 0. The predicted octanol–water partition coefficient (Wildman–Crippen LogP) is 3.98. The van der Waals surface area contributed by atoms with Crippen molar-refractivity contribution in [2.24, 2.45) is 5.41 Å². The van der Waals surface area contributed by atoms with Gasteiger partial charge in [-0.3, -0.25) is 0 Å². The van der Waals surface area contributed by atoms with Crippen LogP contribution >= 0.6 is 0 Å². The first-order chi connectivity index (χ1) is 5.12. The Balaban J connectivity index is 3.37. The lowest BCUT2D eigenvalue weighted by molar-refractivity contribution is 0.329. The third kappa shape index (κ3) is 6.15. The summed E-state index contributed by atoms with van der Waals surface area (Å²) in [6.45, 7) is 10.6. The molecule has 0 aromatic rings. The number of hydrogen-bond donors (Lipinski definition) is 0. The quantitative estimate of drug-likeness (QED) is 0.414. The minimum absolute atomic E-state index is 0.446. The van der Waals surface area contributed by atoms with Gasteiger partial charge >= 0.3 is 0 Å². The molecule has 0 heteroatoms. The maximum absolute atomic E-state index is 3.94. The molecule has 0 aromatic carbocycles. The molecule has 0 saturated carbocycles. The number of hydrogen-bond acceptors (Lipinski definition) is 0. The summed E-state index contributed by atoms with van der Waals surface area (Å²) in [7, 11) is 0. The minimum atomic E-state index is 0.446. The maximum Gasteiger partial charge on any atom is -0.0351 e. The summed E-state index contributed by atoms with van der Waals surface area (Å²) < 4.78 is 0. The summed E-state index contributed by atoms with van der Waals surface area (Å²) >= 11 is 0. The average Bonchev–Trinajstić information content (AvgIpc) is 1.99. The molecule has 0 heterocycles. The van der Waals surface area contributed by atoms with Gasteiger partial charge in [-0.1, -0.05) is 32.9 Å². The highest BCUT2D eigenvalue weighted by Crippen LogP contribution is 2.26. The molecule has 0 saturated heterocycles. The Morgan fingerprint density at radius 3 is 2.45 bits per heavy atom. The summed E-state index contributed by atoms with van der Waals surface area (Å²) in [6.07, 6.45) is 9.22. The Bertz CT molecular complexity index is 109. The molecule has 0 aliphatic heterocycles. The van der Waals surface area contributed by atoms with Gasteiger partial charge in [0.15, 0.2) is 0 Å². The van der Waals surface area contributed by atoms with Crippen molar-refractivity contribution in [3.8, 4) is 0 Å². The molecule has 0 aromatic heterocycles. The van der Waals surface area contributed by atoms with Crippen molar-refractivity contribution in [1.82, 2.24) is 0 Å². The first-order valence-electron chi connectivity index (χ1n) is 4.53. The topological polar surface area (TPSA) is 0 Å². The van der Waals surface area contributed by atoms with Crippen LogP contribution in [0.4, 0.5) is 0 Å². The van der Waals surface area contributed by atoms with Crippen molar-refractivity contribution in [3.05, 3.63) is 19.1 Å². The Kier molecular flexibility index (Phi) is 5.27.